The van der Waals surface area contributed by atoms with Crippen molar-refractivity contribution in [1.29, 1.82) is 0 Å². The average molecular weight is 443 g/mol. The third kappa shape index (κ3) is 7.30. The fraction of sp³-hybridized carbons (Fsp3) is 0.667. The second-order valence-corrected chi connectivity index (χ2v) is 8.32. The SMILES string of the molecule is COc1ccc(CN(CCO[C@@H]2O[C@H](CO)[C@@H](O)[C@H](O)[C@H]2O)C(=O)OC(C)(C)C)cc1. The van der Waals surface area contributed by atoms with Crippen molar-refractivity contribution in [3.8, 4) is 5.75 Å². The molecule has 10 nitrogen and oxygen atoms in total. The molecule has 0 aromatic heterocycles. The van der Waals surface area contributed by atoms with Crippen LogP contribution >= 0.6 is 0 Å². The molecule has 0 unspecified atom stereocenters. The van der Waals surface area contributed by atoms with Gasteiger partial charge in [0, 0.05) is 13.1 Å². The highest BCUT2D eigenvalue weighted by atomic mass is 16.7. The molecule has 0 aliphatic carbocycles. The zero-order valence-corrected chi connectivity index (χ0v) is 18.3. The maximum absolute atomic E-state index is 12.7. The lowest BCUT2D eigenvalue weighted by atomic mass is 9.99. The minimum atomic E-state index is -1.53. The maximum Gasteiger partial charge on any atom is 0.410 e. The summed E-state index contributed by atoms with van der Waals surface area (Å²) in [4.78, 5) is 14.1. The largest absolute Gasteiger partial charge is 0.497 e. The number of nitrogens with zero attached hydrogens (tertiary/aromatic N) is 1. The van der Waals surface area contributed by atoms with E-state index in [4.69, 9.17) is 18.9 Å². The van der Waals surface area contributed by atoms with Crippen molar-refractivity contribution in [1.82, 2.24) is 4.90 Å². The lowest BCUT2D eigenvalue weighted by molar-refractivity contribution is -0.301. The van der Waals surface area contributed by atoms with E-state index in [9.17, 15) is 25.2 Å². The number of hydrogen-bond donors (Lipinski definition) is 4. The van der Waals surface area contributed by atoms with Gasteiger partial charge in [0.2, 0.25) is 0 Å². The number of ether oxygens (including phenoxy) is 4. The number of amides is 1. The molecule has 0 radical (unpaired) electrons. The number of aliphatic hydroxyl groups is 4. The Morgan fingerprint density at radius 2 is 1.74 bits per heavy atom. The molecule has 0 spiro atoms. The van der Waals surface area contributed by atoms with Gasteiger partial charge in [0.05, 0.1) is 20.3 Å². The van der Waals surface area contributed by atoms with Gasteiger partial charge in [-0.15, -0.1) is 0 Å². The van der Waals surface area contributed by atoms with Crippen molar-refractivity contribution in [2.24, 2.45) is 0 Å². The van der Waals surface area contributed by atoms with E-state index in [1.165, 1.54) is 4.90 Å². The molecule has 1 aromatic rings. The molecule has 31 heavy (non-hydrogen) atoms. The average Bonchev–Trinajstić information content (AvgIpc) is 2.72. The lowest BCUT2D eigenvalue weighted by Crippen LogP contribution is -2.59. The van der Waals surface area contributed by atoms with E-state index >= 15 is 0 Å². The second kappa shape index (κ2) is 11.1. The number of rotatable bonds is 8. The number of aliphatic hydroxyl groups excluding tert-OH is 4. The third-order valence-electron chi connectivity index (χ3n) is 4.68. The Bertz CT molecular complexity index is 689. The maximum atomic E-state index is 12.7. The summed E-state index contributed by atoms with van der Waals surface area (Å²) in [7, 11) is 1.57. The Labute approximate surface area is 181 Å². The first-order valence-corrected chi connectivity index (χ1v) is 10.1. The highest BCUT2D eigenvalue weighted by Gasteiger charge is 2.44. The second-order valence-electron chi connectivity index (χ2n) is 8.32. The molecule has 4 N–H and O–H groups in total. The molecular weight excluding hydrogens is 410 g/mol. The first kappa shape index (κ1) is 25.3. The van der Waals surface area contributed by atoms with E-state index in [0.717, 1.165) is 5.56 Å². The summed E-state index contributed by atoms with van der Waals surface area (Å²) in [5, 5.41) is 39.0. The molecule has 5 atom stereocenters. The van der Waals surface area contributed by atoms with Gasteiger partial charge in [-0.1, -0.05) is 12.1 Å². The molecule has 176 valence electrons. The van der Waals surface area contributed by atoms with Crippen LogP contribution in [0, 0.1) is 0 Å². The van der Waals surface area contributed by atoms with Crippen molar-refractivity contribution >= 4 is 6.09 Å². The van der Waals surface area contributed by atoms with E-state index in [1.54, 1.807) is 40.0 Å². The Kier molecular flexibility index (Phi) is 9.04. The summed E-state index contributed by atoms with van der Waals surface area (Å²) in [6.07, 6.45) is -7.37. The number of hydrogen-bond acceptors (Lipinski definition) is 9. The van der Waals surface area contributed by atoms with Crippen LogP contribution < -0.4 is 4.74 Å². The smallest absolute Gasteiger partial charge is 0.410 e. The van der Waals surface area contributed by atoms with E-state index in [1.807, 2.05) is 12.1 Å². The molecular formula is C21H33NO9. The van der Waals surface area contributed by atoms with Crippen LogP contribution in [-0.4, -0.2) is 94.6 Å². The number of carbonyl (C=O) groups excluding carboxylic acids is 1. The van der Waals surface area contributed by atoms with E-state index < -0.39 is 49.0 Å². The summed E-state index contributed by atoms with van der Waals surface area (Å²) in [6, 6.07) is 7.23. The van der Waals surface area contributed by atoms with Gasteiger partial charge in [-0.2, -0.15) is 0 Å². The van der Waals surface area contributed by atoms with Crippen molar-refractivity contribution < 1.29 is 44.2 Å². The van der Waals surface area contributed by atoms with Crippen LogP contribution in [0.15, 0.2) is 24.3 Å². The normalized spacial score (nSPS) is 26.4. The molecule has 0 saturated carbocycles. The molecule has 10 heteroatoms. The standard InChI is InChI=1S/C21H33NO9/c1-21(2,3)31-20(27)22(11-13-5-7-14(28-4)8-6-13)9-10-29-19-18(26)17(25)16(24)15(12-23)30-19/h5-8,15-19,23-26H,9-12H2,1-4H3/t15-,16-,17+,18-,19-/m1/s1. The quantitative estimate of drug-likeness (QED) is 0.445. The van der Waals surface area contributed by atoms with Crippen LogP contribution in [0.5, 0.6) is 5.75 Å². The molecule has 1 heterocycles. The molecule has 1 fully saturated rings. The van der Waals surface area contributed by atoms with Crippen LogP contribution in [0.3, 0.4) is 0 Å². The fourth-order valence-corrected chi connectivity index (χ4v) is 3.00. The zero-order valence-electron chi connectivity index (χ0n) is 18.3. The summed E-state index contributed by atoms with van der Waals surface area (Å²) in [5.74, 6) is 0.693. The summed E-state index contributed by atoms with van der Waals surface area (Å²) in [5.41, 5.74) is 0.160. The van der Waals surface area contributed by atoms with E-state index in [2.05, 4.69) is 0 Å². The highest BCUT2D eigenvalue weighted by molar-refractivity contribution is 5.68. The predicted molar refractivity (Wildman–Crippen MR) is 109 cm³/mol. The topological polar surface area (TPSA) is 138 Å². The van der Waals surface area contributed by atoms with Gasteiger partial charge in [-0.3, -0.25) is 0 Å². The van der Waals surface area contributed by atoms with Gasteiger partial charge in [-0.25, -0.2) is 4.79 Å². The number of carbonyl (C=O) groups is 1. The first-order valence-electron chi connectivity index (χ1n) is 10.1. The minimum absolute atomic E-state index is 0.0436. The van der Waals surface area contributed by atoms with Gasteiger partial charge in [0.15, 0.2) is 6.29 Å². The Hall–Kier alpha value is -1.95. The van der Waals surface area contributed by atoms with Gasteiger partial charge in [-0.05, 0) is 38.5 Å². The molecule has 1 aliphatic heterocycles. The molecule has 2 rings (SSSR count). The van der Waals surface area contributed by atoms with Gasteiger partial charge in [0.25, 0.3) is 0 Å². The molecule has 1 saturated heterocycles. The monoisotopic (exact) mass is 443 g/mol. The summed E-state index contributed by atoms with van der Waals surface area (Å²) >= 11 is 0. The first-order chi connectivity index (χ1) is 14.6. The Balaban J connectivity index is 2.02. The number of methoxy groups -OCH3 is 1. The van der Waals surface area contributed by atoms with Crippen molar-refractivity contribution in [2.75, 3.05) is 26.9 Å². The molecule has 1 aliphatic rings. The molecule has 1 amide bonds. The summed E-state index contributed by atoms with van der Waals surface area (Å²) in [6.45, 7) is 5.06. The Morgan fingerprint density at radius 3 is 2.29 bits per heavy atom. The van der Waals surface area contributed by atoms with E-state index in [0.29, 0.717) is 5.75 Å². The van der Waals surface area contributed by atoms with Crippen molar-refractivity contribution in [2.45, 2.75) is 63.6 Å². The van der Waals surface area contributed by atoms with Crippen LogP contribution in [0.4, 0.5) is 4.79 Å². The van der Waals surface area contributed by atoms with Crippen LogP contribution in [-0.2, 0) is 20.8 Å². The van der Waals surface area contributed by atoms with Crippen LogP contribution in [0.1, 0.15) is 26.3 Å². The third-order valence-corrected chi connectivity index (χ3v) is 4.68. The fourth-order valence-electron chi connectivity index (χ4n) is 3.00. The van der Waals surface area contributed by atoms with Crippen LogP contribution in [0.2, 0.25) is 0 Å². The zero-order chi connectivity index (χ0) is 23.2. The van der Waals surface area contributed by atoms with Crippen molar-refractivity contribution in [3.05, 3.63) is 29.8 Å². The molecule has 1 aromatic carbocycles. The van der Waals surface area contributed by atoms with E-state index in [-0.39, 0.29) is 19.7 Å². The van der Waals surface area contributed by atoms with Crippen molar-refractivity contribution in [3.63, 3.8) is 0 Å². The van der Waals surface area contributed by atoms with Crippen LogP contribution in [0.25, 0.3) is 0 Å². The summed E-state index contributed by atoms with van der Waals surface area (Å²) < 4.78 is 21.4. The predicted octanol–water partition coefficient (Wildman–Crippen LogP) is 0.249. The van der Waals surface area contributed by atoms with Gasteiger partial charge in [0.1, 0.15) is 35.8 Å². The van der Waals surface area contributed by atoms with Gasteiger partial charge < -0.3 is 44.3 Å². The highest BCUT2D eigenvalue weighted by Crippen LogP contribution is 2.22. The number of benzene rings is 1. The Morgan fingerprint density at radius 1 is 1.10 bits per heavy atom. The minimum Gasteiger partial charge on any atom is -0.497 e. The lowest BCUT2D eigenvalue weighted by Gasteiger charge is -2.39. The molecule has 0 bridgehead atoms. The van der Waals surface area contributed by atoms with Gasteiger partial charge >= 0.3 is 6.09 Å².